The standard InChI is InChI=1S/C8H12O4/c1-5(9)12-6-2-3-7(10)8(11)4-6/h2-3,6-8,10-11H,4H2,1H3. The molecule has 0 fully saturated rings. The molecule has 1 rings (SSSR count). The number of carbonyl (C=O) groups excluding carboxylic acids is 1. The molecule has 0 aliphatic heterocycles. The van der Waals surface area contributed by atoms with Crippen molar-refractivity contribution >= 4 is 5.97 Å². The van der Waals surface area contributed by atoms with Crippen molar-refractivity contribution in [3.8, 4) is 0 Å². The molecule has 0 spiro atoms. The number of rotatable bonds is 1. The number of aliphatic hydroxyl groups excluding tert-OH is 2. The molecule has 3 atom stereocenters. The van der Waals surface area contributed by atoms with Gasteiger partial charge >= 0.3 is 5.97 Å². The highest BCUT2D eigenvalue weighted by atomic mass is 16.5. The quantitative estimate of drug-likeness (QED) is 0.417. The van der Waals surface area contributed by atoms with Crippen LogP contribution in [0.15, 0.2) is 12.2 Å². The van der Waals surface area contributed by atoms with Crippen molar-refractivity contribution < 1.29 is 19.7 Å². The van der Waals surface area contributed by atoms with Crippen LogP contribution in [0.1, 0.15) is 13.3 Å². The molecule has 12 heavy (non-hydrogen) atoms. The predicted molar refractivity (Wildman–Crippen MR) is 41.3 cm³/mol. The van der Waals surface area contributed by atoms with Crippen molar-refractivity contribution in [1.29, 1.82) is 0 Å². The summed E-state index contributed by atoms with van der Waals surface area (Å²) in [4.78, 5) is 10.5. The van der Waals surface area contributed by atoms with Gasteiger partial charge in [-0.1, -0.05) is 6.08 Å². The van der Waals surface area contributed by atoms with Gasteiger partial charge in [0, 0.05) is 13.3 Å². The number of hydrogen-bond acceptors (Lipinski definition) is 4. The molecule has 4 nitrogen and oxygen atoms in total. The molecule has 0 aromatic carbocycles. The zero-order valence-corrected chi connectivity index (χ0v) is 6.80. The van der Waals surface area contributed by atoms with Crippen molar-refractivity contribution in [2.45, 2.75) is 31.7 Å². The molecule has 0 aromatic rings. The summed E-state index contributed by atoms with van der Waals surface area (Å²) < 4.78 is 4.81. The molecule has 4 heteroatoms. The Kier molecular flexibility index (Phi) is 2.83. The van der Waals surface area contributed by atoms with E-state index in [1.165, 1.54) is 13.0 Å². The van der Waals surface area contributed by atoms with Gasteiger partial charge < -0.3 is 14.9 Å². The van der Waals surface area contributed by atoms with E-state index in [0.717, 1.165) is 0 Å². The van der Waals surface area contributed by atoms with Crippen LogP contribution in [0.3, 0.4) is 0 Å². The van der Waals surface area contributed by atoms with Crippen molar-refractivity contribution in [2.75, 3.05) is 0 Å². The van der Waals surface area contributed by atoms with E-state index < -0.39 is 18.3 Å². The lowest BCUT2D eigenvalue weighted by molar-refractivity contribution is -0.146. The van der Waals surface area contributed by atoms with Crippen LogP contribution in [0, 0.1) is 0 Å². The van der Waals surface area contributed by atoms with E-state index in [9.17, 15) is 4.79 Å². The van der Waals surface area contributed by atoms with Gasteiger partial charge in [0.1, 0.15) is 6.10 Å². The van der Waals surface area contributed by atoms with Crippen LogP contribution in [0.25, 0.3) is 0 Å². The molecule has 0 aromatic heterocycles. The maximum absolute atomic E-state index is 10.5. The minimum atomic E-state index is -0.836. The van der Waals surface area contributed by atoms with Crippen molar-refractivity contribution in [3.63, 3.8) is 0 Å². The van der Waals surface area contributed by atoms with Gasteiger partial charge in [0.15, 0.2) is 0 Å². The topological polar surface area (TPSA) is 66.8 Å². The normalized spacial score (nSPS) is 34.8. The molecule has 2 N–H and O–H groups in total. The lowest BCUT2D eigenvalue weighted by Crippen LogP contribution is -2.33. The Morgan fingerprint density at radius 2 is 2.17 bits per heavy atom. The van der Waals surface area contributed by atoms with Gasteiger partial charge in [0.2, 0.25) is 0 Å². The van der Waals surface area contributed by atoms with Gasteiger partial charge in [-0.15, -0.1) is 0 Å². The zero-order chi connectivity index (χ0) is 9.14. The van der Waals surface area contributed by atoms with E-state index in [1.54, 1.807) is 6.08 Å². The summed E-state index contributed by atoms with van der Waals surface area (Å²) in [6.07, 6.45) is 1.20. The average molecular weight is 172 g/mol. The van der Waals surface area contributed by atoms with Crippen LogP contribution in [0.2, 0.25) is 0 Å². The average Bonchev–Trinajstić information content (AvgIpc) is 1.96. The third kappa shape index (κ3) is 2.32. The second kappa shape index (κ2) is 3.69. The second-order valence-corrected chi connectivity index (χ2v) is 2.83. The van der Waals surface area contributed by atoms with Crippen LogP contribution in [-0.2, 0) is 9.53 Å². The monoisotopic (exact) mass is 172 g/mol. The van der Waals surface area contributed by atoms with E-state index in [0.29, 0.717) is 0 Å². The summed E-state index contributed by atoms with van der Waals surface area (Å²) in [6, 6.07) is 0. The predicted octanol–water partition coefficient (Wildman–Crippen LogP) is -0.400. The van der Waals surface area contributed by atoms with Crippen LogP contribution in [-0.4, -0.2) is 34.5 Å². The Balaban J connectivity index is 2.49. The molecular weight excluding hydrogens is 160 g/mol. The maximum atomic E-state index is 10.5. The van der Waals surface area contributed by atoms with Gasteiger partial charge in [-0.2, -0.15) is 0 Å². The van der Waals surface area contributed by atoms with Crippen molar-refractivity contribution in [1.82, 2.24) is 0 Å². The first-order valence-corrected chi connectivity index (χ1v) is 3.81. The zero-order valence-electron chi connectivity index (χ0n) is 6.80. The smallest absolute Gasteiger partial charge is 0.303 e. The fourth-order valence-corrected chi connectivity index (χ4v) is 1.12. The minimum absolute atomic E-state index is 0.261. The lowest BCUT2D eigenvalue weighted by atomic mass is 10.00. The summed E-state index contributed by atoms with van der Waals surface area (Å²) in [7, 11) is 0. The molecule has 0 bridgehead atoms. The molecule has 0 saturated heterocycles. The van der Waals surface area contributed by atoms with Gasteiger partial charge in [0.25, 0.3) is 0 Å². The van der Waals surface area contributed by atoms with Gasteiger partial charge in [-0.05, 0) is 6.08 Å². The first-order chi connectivity index (χ1) is 5.59. The number of hydrogen-bond donors (Lipinski definition) is 2. The third-order valence-corrected chi connectivity index (χ3v) is 1.71. The molecule has 0 saturated carbocycles. The highest BCUT2D eigenvalue weighted by Crippen LogP contribution is 2.15. The van der Waals surface area contributed by atoms with E-state index in [1.807, 2.05) is 0 Å². The summed E-state index contributed by atoms with van der Waals surface area (Å²) in [6.45, 7) is 1.31. The molecule has 0 amide bonds. The molecule has 68 valence electrons. The van der Waals surface area contributed by atoms with Crippen LogP contribution >= 0.6 is 0 Å². The van der Waals surface area contributed by atoms with E-state index in [4.69, 9.17) is 14.9 Å². The second-order valence-electron chi connectivity index (χ2n) is 2.83. The number of aliphatic hydroxyl groups is 2. The number of carbonyl (C=O) groups is 1. The summed E-state index contributed by atoms with van der Waals surface area (Å²) >= 11 is 0. The van der Waals surface area contributed by atoms with Crippen molar-refractivity contribution in [2.24, 2.45) is 0 Å². The lowest BCUT2D eigenvalue weighted by Gasteiger charge is -2.24. The molecule has 3 unspecified atom stereocenters. The first kappa shape index (κ1) is 9.22. The van der Waals surface area contributed by atoms with Crippen molar-refractivity contribution in [3.05, 3.63) is 12.2 Å². The minimum Gasteiger partial charge on any atom is -0.458 e. The summed E-state index contributed by atoms with van der Waals surface area (Å²) in [5, 5.41) is 18.2. The fourth-order valence-electron chi connectivity index (χ4n) is 1.12. The Labute approximate surface area is 70.5 Å². The Bertz CT molecular complexity index is 199. The van der Waals surface area contributed by atoms with Crippen LogP contribution in [0.4, 0.5) is 0 Å². The van der Waals surface area contributed by atoms with Gasteiger partial charge in [0.05, 0.1) is 12.2 Å². The SMILES string of the molecule is CC(=O)OC1C=CC(O)C(O)C1. The summed E-state index contributed by atoms with van der Waals surface area (Å²) in [5.41, 5.74) is 0. The molecule has 0 heterocycles. The van der Waals surface area contributed by atoms with E-state index >= 15 is 0 Å². The van der Waals surface area contributed by atoms with Gasteiger partial charge in [-0.25, -0.2) is 0 Å². The molecule has 0 radical (unpaired) electrons. The van der Waals surface area contributed by atoms with Crippen LogP contribution < -0.4 is 0 Å². The highest BCUT2D eigenvalue weighted by molar-refractivity contribution is 5.66. The highest BCUT2D eigenvalue weighted by Gasteiger charge is 2.24. The Morgan fingerprint density at radius 1 is 1.50 bits per heavy atom. The van der Waals surface area contributed by atoms with E-state index in [2.05, 4.69) is 0 Å². The molecule has 1 aliphatic rings. The van der Waals surface area contributed by atoms with E-state index in [-0.39, 0.29) is 12.4 Å². The summed E-state index contributed by atoms with van der Waals surface area (Å²) in [5.74, 6) is -0.381. The molecule has 1 aliphatic carbocycles. The molecular formula is C8H12O4. The Hall–Kier alpha value is -0.870. The number of ether oxygens (including phenoxy) is 1. The Morgan fingerprint density at radius 3 is 2.67 bits per heavy atom. The maximum Gasteiger partial charge on any atom is 0.303 e. The largest absolute Gasteiger partial charge is 0.458 e. The third-order valence-electron chi connectivity index (χ3n) is 1.71. The number of esters is 1. The fraction of sp³-hybridized carbons (Fsp3) is 0.625. The van der Waals surface area contributed by atoms with Gasteiger partial charge in [-0.3, -0.25) is 4.79 Å². The first-order valence-electron chi connectivity index (χ1n) is 3.81. The van der Waals surface area contributed by atoms with Crippen LogP contribution in [0.5, 0.6) is 0 Å².